The van der Waals surface area contributed by atoms with Crippen molar-refractivity contribution in [3.8, 4) is 11.8 Å². The molecule has 0 heterocycles. The second kappa shape index (κ2) is 4.74. The van der Waals surface area contributed by atoms with E-state index in [0.29, 0.717) is 5.92 Å². The molecule has 2 nitrogen and oxygen atoms in total. The van der Waals surface area contributed by atoms with E-state index in [1.54, 1.807) is 6.92 Å². The standard InChI is InChI=1S/C17H19NO/c1-2-6-16(19)18-17(11-12-17)15-10-5-8-13-7-3-4-9-14(13)15/h3-4,7,9,15H,5,8,10-12H2,1H3,(H,18,19). The van der Waals surface area contributed by atoms with Crippen LogP contribution < -0.4 is 5.32 Å². The lowest BCUT2D eigenvalue weighted by molar-refractivity contribution is -0.116. The maximum absolute atomic E-state index is 11.8. The Labute approximate surface area is 114 Å². The Kier molecular flexibility index (Phi) is 3.06. The van der Waals surface area contributed by atoms with Gasteiger partial charge >= 0.3 is 0 Å². The van der Waals surface area contributed by atoms with E-state index in [2.05, 4.69) is 41.4 Å². The maximum atomic E-state index is 11.8. The number of carbonyl (C=O) groups excluding carboxylic acids is 1. The first-order chi connectivity index (χ1) is 9.25. The summed E-state index contributed by atoms with van der Waals surface area (Å²) in [7, 11) is 0. The van der Waals surface area contributed by atoms with Gasteiger partial charge < -0.3 is 5.32 Å². The summed E-state index contributed by atoms with van der Waals surface area (Å²) < 4.78 is 0. The molecule has 0 radical (unpaired) electrons. The zero-order valence-electron chi connectivity index (χ0n) is 11.3. The van der Waals surface area contributed by atoms with Crippen molar-refractivity contribution < 1.29 is 4.79 Å². The van der Waals surface area contributed by atoms with Crippen molar-refractivity contribution in [2.24, 2.45) is 0 Å². The third kappa shape index (κ3) is 2.26. The van der Waals surface area contributed by atoms with Crippen LogP contribution >= 0.6 is 0 Å². The van der Waals surface area contributed by atoms with Crippen molar-refractivity contribution in [2.45, 2.75) is 50.5 Å². The Balaban J connectivity index is 1.86. The molecule has 1 aromatic carbocycles. The smallest absolute Gasteiger partial charge is 0.296 e. The zero-order valence-corrected chi connectivity index (χ0v) is 11.3. The molecule has 1 aromatic rings. The lowest BCUT2D eigenvalue weighted by Gasteiger charge is -2.32. The van der Waals surface area contributed by atoms with Crippen LogP contribution in [-0.2, 0) is 11.2 Å². The topological polar surface area (TPSA) is 29.1 Å². The molecule has 98 valence electrons. The van der Waals surface area contributed by atoms with Crippen molar-refractivity contribution in [2.75, 3.05) is 0 Å². The molecule has 2 aliphatic rings. The van der Waals surface area contributed by atoms with E-state index >= 15 is 0 Å². The van der Waals surface area contributed by atoms with Crippen LogP contribution in [0.15, 0.2) is 24.3 Å². The van der Waals surface area contributed by atoms with Gasteiger partial charge in [-0.05, 0) is 56.1 Å². The summed E-state index contributed by atoms with van der Waals surface area (Å²) in [6.07, 6.45) is 5.74. The molecule has 0 aliphatic heterocycles. The molecular formula is C17H19NO. The van der Waals surface area contributed by atoms with Crippen molar-refractivity contribution in [1.82, 2.24) is 5.32 Å². The monoisotopic (exact) mass is 253 g/mol. The summed E-state index contributed by atoms with van der Waals surface area (Å²) in [5, 5.41) is 3.17. The minimum absolute atomic E-state index is 0.0164. The summed E-state index contributed by atoms with van der Waals surface area (Å²) in [5.74, 6) is 5.63. The molecule has 1 atom stereocenters. The fourth-order valence-electron chi connectivity index (χ4n) is 3.39. The van der Waals surface area contributed by atoms with Crippen molar-refractivity contribution >= 4 is 5.91 Å². The van der Waals surface area contributed by atoms with Gasteiger partial charge in [0.2, 0.25) is 0 Å². The summed E-state index contributed by atoms with van der Waals surface area (Å²) >= 11 is 0. The minimum atomic E-state index is -0.122. The number of carbonyl (C=O) groups is 1. The average molecular weight is 253 g/mol. The summed E-state index contributed by atoms with van der Waals surface area (Å²) in [4.78, 5) is 11.8. The predicted molar refractivity (Wildman–Crippen MR) is 75.7 cm³/mol. The third-order valence-electron chi connectivity index (χ3n) is 4.43. The predicted octanol–water partition coefficient (Wildman–Crippen LogP) is 2.78. The number of hydrogen-bond acceptors (Lipinski definition) is 1. The first kappa shape index (κ1) is 12.3. The molecule has 1 saturated carbocycles. The quantitative estimate of drug-likeness (QED) is 0.807. The summed E-state index contributed by atoms with van der Waals surface area (Å²) in [5.41, 5.74) is 2.88. The molecule has 1 N–H and O–H groups in total. The van der Waals surface area contributed by atoms with Crippen molar-refractivity contribution in [3.05, 3.63) is 35.4 Å². The number of amides is 1. The van der Waals surface area contributed by atoms with E-state index in [9.17, 15) is 4.79 Å². The van der Waals surface area contributed by atoms with Crippen LogP contribution in [0.2, 0.25) is 0 Å². The van der Waals surface area contributed by atoms with E-state index in [4.69, 9.17) is 0 Å². The van der Waals surface area contributed by atoms with Crippen molar-refractivity contribution in [1.29, 1.82) is 0 Å². The Bertz CT molecular complexity index is 560. The van der Waals surface area contributed by atoms with Gasteiger partial charge in [-0.25, -0.2) is 0 Å². The number of rotatable bonds is 2. The maximum Gasteiger partial charge on any atom is 0.296 e. The highest BCUT2D eigenvalue weighted by molar-refractivity contribution is 5.94. The number of aryl methyl sites for hydroxylation is 1. The molecule has 1 fully saturated rings. The first-order valence-corrected chi connectivity index (χ1v) is 7.08. The molecule has 1 unspecified atom stereocenters. The minimum Gasteiger partial charge on any atom is -0.339 e. The van der Waals surface area contributed by atoms with Gasteiger partial charge in [0.05, 0.1) is 0 Å². The molecule has 0 aromatic heterocycles. The Morgan fingerprint density at radius 1 is 1.37 bits per heavy atom. The van der Waals surface area contributed by atoms with Crippen LogP contribution in [0, 0.1) is 11.8 Å². The van der Waals surface area contributed by atoms with Gasteiger partial charge in [0, 0.05) is 11.5 Å². The Morgan fingerprint density at radius 2 is 2.16 bits per heavy atom. The molecular weight excluding hydrogens is 234 g/mol. The van der Waals surface area contributed by atoms with E-state index in [-0.39, 0.29) is 11.4 Å². The van der Waals surface area contributed by atoms with Gasteiger partial charge in [-0.1, -0.05) is 30.2 Å². The van der Waals surface area contributed by atoms with Crippen LogP contribution in [0.3, 0.4) is 0 Å². The SMILES string of the molecule is CC#CC(=O)NC1(C2CCCc3ccccc32)CC1. The molecule has 19 heavy (non-hydrogen) atoms. The van der Waals surface area contributed by atoms with Crippen LogP contribution in [-0.4, -0.2) is 11.4 Å². The van der Waals surface area contributed by atoms with Gasteiger partial charge in [0.25, 0.3) is 5.91 Å². The van der Waals surface area contributed by atoms with Crippen LogP contribution in [0.25, 0.3) is 0 Å². The average Bonchev–Trinajstić information content (AvgIpc) is 3.19. The Morgan fingerprint density at radius 3 is 2.89 bits per heavy atom. The fourth-order valence-corrected chi connectivity index (χ4v) is 3.39. The van der Waals surface area contributed by atoms with Crippen LogP contribution in [0.1, 0.15) is 49.7 Å². The third-order valence-corrected chi connectivity index (χ3v) is 4.43. The van der Waals surface area contributed by atoms with Gasteiger partial charge in [-0.3, -0.25) is 4.79 Å². The lowest BCUT2D eigenvalue weighted by atomic mass is 9.77. The second-order valence-electron chi connectivity index (χ2n) is 5.63. The van der Waals surface area contributed by atoms with E-state index < -0.39 is 0 Å². The summed E-state index contributed by atoms with van der Waals surface area (Å²) in [6.45, 7) is 1.70. The number of benzene rings is 1. The lowest BCUT2D eigenvalue weighted by Crippen LogP contribution is -2.42. The Hall–Kier alpha value is -1.75. The van der Waals surface area contributed by atoms with E-state index in [0.717, 1.165) is 12.8 Å². The second-order valence-corrected chi connectivity index (χ2v) is 5.63. The highest BCUT2D eigenvalue weighted by Crippen LogP contribution is 2.51. The van der Waals surface area contributed by atoms with Gasteiger partial charge in [-0.2, -0.15) is 0 Å². The number of fused-ring (bicyclic) bond motifs is 1. The number of hydrogen-bond donors (Lipinski definition) is 1. The highest BCUT2D eigenvalue weighted by Gasteiger charge is 2.51. The van der Waals surface area contributed by atoms with E-state index in [1.807, 2.05) is 0 Å². The summed E-state index contributed by atoms with van der Waals surface area (Å²) in [6, 6.07) is 8.69. The number of nitrogens with one attached hydrogen (secondary N) is 1. The normalized spacial score (nSPS) is 22.7. The molecule has 0 spiro atoms. The zero-order chi connectivity index (χ0) is 13.3. The highest BCUT2D eigenvalue weighted by atomic mass is 16.1. The molecule has 3 rings (SSSR count). The molecule has 2 heteroatoms. The first-order valence-electron chi connectivity index (χ1n) is 7.08. The van der Waals surface area contributed by atoms with Crippen molar-refractivity contribution in [3.63, 3.8) is 0 Å². The molecule has 1 amide bonds. The fraction of sp³-hybridized carbons (Fsp3) is 0.471. The molecule has 0 saturated heterocycles. The van der Waals surface area contributed by atoms with Gasteiger partial charge in [0.15, 0.2) is 0 Å². The largest absolute Gasteiger partial charge is 0.339 e. The van der Waals surface area contributed by atoms with Gasteiger partial charge in [-0.15, -0.1) is 0 Å². The van der Waals surface area contributed by atoms with Gasteiger partial charge in [0.1, 0.15) is 0 Å². The molecule has 0 bridgehead atoms. The van der Waals surface area contributed by atoms with E-state index in [1.165, 1.54) is 30.4 Å². The van der Waals surface area contributed by atoms with Crippen LogP contribution in [0.4, 0.5) is 0 Å². The molecule has 2 aliphatic carbocycles. The van der Waals surface area contributed by atoms with Crippen LogP contribution in [0.5, 0.6) is 0 Å².